The SMILES string of the molecule is CC(C)N1CCCC2(CCN(C(=O)CN3C(=O)NC(=O)C3(C)C)C2)C1=O. The summed E-state index contributed by atoms with van der Waals surface area (Å²) in [7, 11) is 0. The summed E-state index contributed by atoms with van der Waals surface area (Å²) in [5.41, 5.74) is -1.53. The summed E-state index contributed by atoms with van der Waals surface area (Å²) in [6, 6.07) is -0.383. The largest absolute Gasteiger partial charge is 0.340 e. The minimum atomic E-state index is -1.04. The van der Waals surface area contributed by atoms with Crippen LogP contribution in [0.3, 0.4) is 0 Å². The lowest BCUT2D eigenvalue weighted by Crippen LogP contribution is -2.53. The summed E-state index contributed by atoms with van der Waals surface area (Å²) in [5, 5.41) is 2.25. The third-order valence-corrected chi connectivity index (χ3v) is 6.09. The van der Waals surface area contributed by atoms with Crippen LogP contribution >= 0.6 is 0 Å². The Labute approximate surface area is 153 Å². The average molecular weight is 364 g/mol. The van der Waals surface area contributed by atoms with E-state index in [2.05, 4.69) is 5.32 Å². The molecule has 1 unspecified atom stereocenters. The van der Waals surface area contributed by atoms with Gasteiger partial charge in [0.2, 0.25) is 11.8 Å². The number of urea groups is 1. The van der Waals surface area contributed by atoms with Crippen molar-refractivity contribution >= 4 is 23.8 Å². The Morgan fingerprint density at radius 3 is 2.42 bits per heavy atom. The van der Waals surface area contributed by atoms with Crippen molar-refractivity contribution in [2.24, 2.45) is 5.41 Å². The first-order chi connectivity index (χ1) is 12.1. The fourth-order valence-electron chi connectivity index (χ4n) is 4.26. The van der Waals surface area contributed by atoms with Gasteiger partial charge in [0.05, 0.1) is 5.41 Å². The minimum absolute atomic E-state index is 0.142. The zero-order valence-corrected chi connectivity index (χ0v) is 16.0. The highest BCUT2D eigenvalue weighted by Gasteiger charge is 2.51. The second-order valence-corrected chi connectivity index (χ2v) is 8.45. The fraction of sp³-hybridized carbons (Fsp3) is 0.778. The van der Waals surface area contributed by atoms with Gasteiger partial charge in [-0.3, -0.25) is 19.7 Å². The summed E-state index contributed by atoms with van der Waals surface area (Å²) in [4.78, 5) is 54.4. The van der Waals surface area contributed by atoms with Crippen molar-refractivity contribution < 1.29 is 19.2 Å². The Bertz CT molecular complexity index is 660. The van der Waals surface area contributed by atoms with Crippen molar-refractivity contribution in [3.8, 4) is 0 Å². The van der Waals surface area contributed by atoms with Crippen LogP contribution in [0.15, 0.2) is 0 Å². The average Bonchev–Trinajstić information content (AvgIpc) is 3.06. The summed E-state index contributed by atoms with van der Waals surface area (Å²) < 4.78 is 0. The van der Waals surface area contributed by atoms with Crippen molar-refractivity contribution in [3.63, 3.8) is 0 Å². The van der Waals surface area contributed by atoms with E-state index in [1.807, 2.05) is 18.7 Å². The van der Waals surface area contributed by atoms with Gasteiger partial charge in [-0.05, 0) is 47.0 Å². The molecule has 144 valence electrons. The van der Waals surface area contributed by atoms with E-state index in [0.29, 0.717) is 19.5 Å². The topological polar surface area (TPSA) is 90.0 Å². The van der Waals surface area contributed by atoms with Gasteiger partial charge in [-0.1, -0.05) is 0 Å². The molecule has 0 aliphatic carbocycles. The first kappa shape index (κ1) is 18.7. The Kier molecular flexibility index (Phi) is 4.48. The Morgan fingerprint density at radius 2 is 1.85 bits per heavy atom. The third kappa shape index (κ3) is 2.85. The van der Waals surface area contributed by atoms with Crippen LogP contribution in [0.1, 0.15) is 47.0 Å². The fourth-order valence-corrected chi connectivity index (χ4v) is 4.26. The predicted molar refractivity (Wildman–Crippen MR) is 94.0 cm³/mol. The number of carbonyl (C=O) groups excluding carboxylic acids is 4. The van der Waals surface area contributed by atoms with Gasteiger partial charge in [0.15, 0.2) is 0 Å². The first-order valence-electron chi connectivity index (χ1n) is 9.30. The van der Waals surface area contributed by atoms with Gasteiger partial charge in [-0.15, -0.1) is 0 Å². The number of piperidine rings is 1. The molecule has 1 spiro atoms. The number of likely N-dealkylation sites (tertiary alicyclic amines) is 2. The van der Waals surface area contributed by atoms with Crippen molar-refractivity contribution in [2.75, 3.05) is 26.2 Å². The van der Waals surface area contributed by atoms with Crippen molar-refractivity contribution in [2.45, 2.75) is 58.5 Å². The number of carbonyl (C=O) groups is 4. The van der Waals surface area contributed by atoms with E-state index in [1.165, 1.54) is 4.90 Å². The van der Waals surface area contributed by atoms with E-state index in [-0.39, 0.29) is 24.4 Å². The summed E-state index contributed by atoms with van der Waals surface area (Å²) in [5.74, 6) is -0.471. The molecule has 3 aliphatic rings. The van der Waals surface area contributed by atoms with Gasteiger partial charge in [0.25, 0.3) is 5.91 Å². The minimum Gasteiger partial charge on any atom is -0.340 e. The molecule has 0 aromatic heterocycles. The van der Waals surface area contributed by atoms with Crippen molar-refractivity contribution in [3.05, 3.63) is 0 Å². The molecule has 1 atom stereocenters. The molecule has 0 bridgehead atoms. The molecule has 0 radical (unpaired) electrons. The van der Waals surface area contributed by atoms with Crippen LogP contribution in [0, 0.1) is 5.41 Å². The molecule has 3 heterocycles. The number of imide groups is 1. The van der Waals surface area contributed by atoms with Crippen molar-refractivity contribution in [1.29, 1.82) is 0 Å². The van der Waals surface area contributed by atoms with Crippen LogP contribution in [0.25, 0.3) is 0 Å². The van der Waals surface area contributed by atoms with Gasteiger partial charge >= 0.3 is 6.03 Å². The second kappa shape index (κ2) is 6.25. The number of amides is 5. The molecule has 1 N–H and O–H groups in total. The van der Waals surface area contributed by atoms with Gasteiger partial charge in [0, 0.05) is 25.7 Å². The lowest BCUT2D eigenvalue weighted by molar-refractivity contribution is -0.148. The molecule has 3 fully saturated rings. The highest BCUT2D eigenvalue weighted by molar-refractivity contribution is 6.07. The Hall–Kier alpha value is -2.12. The summed E-state index contributed by atoms with van der Waals surface area (Å²) in [6.45, 7) is 8.81. The molecule has 0 saturated carbocycles. The first-order valence-corrected chi connectivity index (χ1v) is 9.30. The molecule has 3 rings (SSSR count). The molecule has 3 aliphatic heterocycles. The van der Waals surface area contributed by atoms with Crippen LogP contribution in [0.5, 0.6) is 0 Å². The highest BCUT2D eigenvalue weighted by Crippen LogP contribution is 2.40. The lowest BCUT2D eigenvalue weighted by Gasteiger charge is -2.41. The van der Waals surface area contributed by atoms with Gasteiger partial charge < -0.3 is 14.7 Å². The normalized spacial score (nSPS) is 28.5. The zero-order valence-electron chi connectivity index (χ0n) is 16.0. The Balaban J connectivity index is 1.69. The molecule has 3 saturated heterocycles. The van der Waals surface area contributed by atoms with E-state index in [1.54, 1.807) is 18.7 Å². The molecular weight excluding hydrogens is 336 g/mol. The molecule has 26 heavy (non-hydrogen) atoms. The lowest BCUT2D eigenvalue weighted by atomic mass is 9.78. The summed E-state index contributed by atoms with van der Waals surface area (Å²) in [6.07, 6.45) is 2.41. The zero-order chi connectivity index (χ0) is 19.3. The molecule has 5 amide bonds. The van der Waals surface area contributed by atoms with Gasteiger partial charge in [-0.25, -0.2) is 4.79 Å². The smallest absolute Gasteiger partial charge is 0.325 e. The Morgan fingerprint density at radius 1 is 1.15 bits per heavy atom. The van der Waals surface area contributed by atoms with Crippen LogP contribution in [0.4, 0.5) is 4.79 Å². The number of nitrogens with one attached hydrogen (secondary N) is 1. The van der Waals surface area contributed by atoms with Crippen LogP contribution in [-0.2, 0) is 14.4 Å². The molecule has 8 heteroatoms. The van der Waals surface area contributed by atoms with E-state index >= 15 is 0 Å². The highest BCUT2D eigenvalue weighted by atomic mass is 16.2. The quantitative estimate of drug-likeness (QED) is 0.741. The maximum atomic E-state index is 13.0. The number of rotatable bonds is 3. The molecule has 8 nitrogen and oxygen atoms in total. The maximum absolute atomic E-state index is 13.0. The van der Waals surface area contributed by atoms with Crippen LogP contribution in [0.2, 0.25) is 0 Å². The summed E-state index contributed by atoms with van der Waals surface area (Å²) >= 11 is 0. The van der Waals surface area contributed by atoms with E-state index in [0.717, 1.165) is 19.4 Å². The maximum Gasteiger partial charge on any atom is 0.325 e. The van der Waals surface area contributed by atoms with Gasteiger partial charge in [0.1, 0.15) is 12.1 Å². The second-order valence-electron chi connectivity index (χ2n) is 8.45. The predicted octanol–water partition coefficient (Wildman–Crippen LogP) is 0.566. The number of hydrogen-bond donors (Lipinski definition) is 1. The molecular formula is C18H28N4O4. The van der Waals surface area contributed by atoms with Gasteiger partial charge in [-0.2, -0.15) is 0 Å². The third-order valence-electron chi connectivity index (χ3n) is 6.09. The standard InChI is InChI=1S/C18H28N4O4/c1-12(2)21-8-5-6-18(15(21)25)7-9-20(11-18)13(23)10-22-16(26)19-14(24)17(22,3)4/h12H,5-11H2,1-4H3,(H,19,24,26). The van der Waals surface area contributed by atoms with E-state index < -0.39 is 22.9 Å². The van der Waals surface area contributed by atoms with Crippen molar-refractivity contribution in [1.82, 2.24) is 20.0 Å². The number of hydrogen-bond acceptors (Lipinski definition) is 4. The molecule has 0 aromatic carbocycles. The molecule has 0 aromatic rings. The van der Waals surface area contributed by atoms with E-state index in [4.69, 9.17) is 0 Å². The monoisotopic (exact) mass is 364 g/mol. The van der Waals surface area contributed by atoms with Crippen LogP contribution < -0.4 is 5.32 Å². The number of nitrogens with zero attached hydrogens (tertiary/aromatic N) is 3. The van der Waals surface area contributed by atoms with E-state index in [9.17, 15) is 19.2 Å². The van der Waals surface area contributed by atoms with Crippen LogP contribution in [-0.4, -0.2) is 76.2 Å².